The van der Waals surface area contributed by atoms with Crippen LogP contribution in [0.2, 0.25) is 0 Å². The predicted molar refractivity (Wildman–Crippen MR) is 97.3 cm³/mol. The highest BCUT2D eigenvalue weighted by atomic mass is 19.1. The lowest BCUT2D eigenvalue weighted by Crippen LogP contribution is -2.28. The lowest BCUT2D eigenvalue weighted by molar-refractivity contribution is -0.121. The van der Waals surface area contributed by atoms with Crippen molar-refractivity contribution < 1.29 is 23.4 Å². The van der Waals surface area contributed by atoms with Gasteiger partial charge in [-0.25, -0.2) is 4.39 Å². The minimum atomic E-state index is -0.910. The van der Waals surface area contributed by atoms with Crippen LogP contribution in [0.15, 0.2) is 36.4 Å². The molecule has 0 aliphatic rings. The molecule has 1 N–H and O–H groups in total. The van der Waals surface area contributed by atoms with Gasteiger partial charge in [0.2, 0.25) is 11.7 Å². The summed E-state index contributed by atoms with van der Waals surface area (Å²) in [7, 11) is 4.41. The van der Waals surface area contributed by atoms with Crippen molar-refractivity contribution in [2.75, 3.05) is 21.3 Å². The molecule has 1 atom stereocenters. The smallest absolute Gasteiger partial charge is 0.221 e. The molecule has 0 aliphatic heterocycles. The van der Waals surface area contributed by atoms with E-state index in [4.69, 9.17) is 14.2 Å². The average molecular weight is 372 g/mol. The first-order chi connectivity index (χ1) is 13.0. The van der Waals surface area contributed by atoms with Crippen molar-refractivity contribution in [1.82, 2.24) is 5.32 Å². The summed E-state index contributed by atoms with van der Waals surface area (Å²) in [6.45, 7) is 0. The Kier molecular flexibility index (Phi) is 7.00. The monoisotopic (exact) mass is 372 g/mol. The Morgan fingerprint density at radius 3 is 2.30 bits per heavy atom. The fourth-order valence-corrected chi connectivity index (χ4v) is 2.64. The number of carbonyl (C=O) groups is 1. The van der Waals surface area contributed by atoms with E-state index in [1.807, 2.05) is 6.07 Å². The number of ether oxygens (including phenoxy) is 3. The van der Waals surface area contributed by atoms with Crippen molar-refractivity contribution in [1.29, 1.82) is 5.26 Å². The van der Waals surface area contributed by atoms with Crippen LogP contribution in [-0.2, 0) is 11.2 Å². The van der Waals surface area contributed by atoms with Gasteiger partial charge in [-0.1, -0.05) is 18.2 Å². The number of nitrogens with zero attached hydrogens (tertiary/aromatic N) is 1. The van der Waals surface area contributed by atoms with Crippen molar-refractivity contribution in [3.8, 4) is 23.3 Å². The Hall–Kier alpha value is -3.27. The molecule has 0 spiro atoms. The number of carbonyl (C=O) groups excluding carboxylic acids is 1. The molecule has 6 nitrogen and oxygen atoms in total. The standard InChI is InChI=1S/C20H21FN2O4/c1-25-17-10-14(11-18(26-2)20(17)27-3)16(12-22)23-19(24)9-8-13-6-4-5-7-15(13)21/h4-7,10-11,16H,8-9H2,1-3H3,(H,23,24)/t16-/m1/s1. The van der Waals surface area contributed by atoms with Crippen LogP contribution >= 0.6 is 0 Å². The summed E-state index contributed by atoms with van der Waals surface area (Å²) >= 11 is 0. The van der Waals surface area contributed by atoms with Crippen molar-refractivity contribution in [2.24, 2.45) is 0 Å². The Morgan fingerprint density at radius 2 is 1.78 bits per heavy atom. The lowest BCUT2D eigenvalue weighted by Gasteiger charge is -2.17. The summed E-state index contributed by atoms with van der Waals surface area (Å²) < 4.78 is 29.4. The summed E-state index contributed by atoms with van der Waals surface area (Å²) in [5, 5.41) is 12.1. The first-order valence-electron chi connectivity index (χ1n) is 8.26. The molecule has 0 saturated heterocycles. The number of rotatable bonds is 8. The van der Waals surface area contributed by atoms with Gasteiger partial charge in [0.05, 0.1) is 27.4 Å². The summed E-state index contributed by atoms with van der Waals surface area (Å²) in [5.41, 5.74) is 0.945. The largest absolute Gasteiger partial charge is 0.493 e. The number of benzene rings is 2. The molecule has 7 heteroatoms. The van der Waals surface area contributed by atoms with Crippen LogP contribution < -0.4 is 19.5 Å². The number of halogens is 1. The molecule has 27 heavy (non-hydrogen) atoms. The van der Waals surface area contributed by atoms with Gasteiger partial charge in [0.25, 0.3) is 0 Å². The minimum absolute atomic E-state index is 0.0591. The van der Waals surface area contributed by atoms with E-state index in [0.717, 1.165) is 0 Å². The molecule has 2 aromatic carbocycles. The topological polar surface area (TPSA) is 80.6 Å². The Labute approximate surface area is 157 Å². The van der Waals surface area contributed by atoms with Crippen LogP contribution in [0.3, 0.4) is 0 Å². The maximum atomic E-state index is 13.6. The number of aryl methyl sites for hydroxylation is 1. The Morgan fingerprint density at radius 1 is 1.15 bits per heavy atom. The van der Waals surface area contributed by atoms with Crippen molar-refractivity contribution in [3.63, 3.8) is 0 Å². The second-order valence-corrected chi connectivity index (χ2v) is 5.68. The highest BCUT2D eigenvalue weighted by Crippen LogP contribution is 2.39. The SMILES string of the molecule is COc1cc([C@@H](C#N)NC(=O)CCc2ccccc2F)cc(OC)c1OC. The summed E-state index contributed by atoms with van der Waals surface area (Å²) in [5.74, 6) is 0.442. The van der Waals surface area contributed by atoms with Gasteiger partial charge >= 0.3 is 0 Å². The molecule has 0 saturated carbocycles. The number of hydrogen-bond donors (Lipinski definition) is 1. The number of methoxy groups -OCH3 is 3. The van der Waals surface area contributed by atoms with E-state index in [0.29, 0.717) is 28.4 Å². The van der Waals surface area contributed by atoms with Crippen molar-refractivity contribution in [2.45, 2.75) is 18.9 Å². The zero-order chi connectivity index (χ0) is 19.8. The number of nitriles is 1. The first kappa shape index (κ1) is 20.0. The third-order valence-corrected chi connectivity index (χ3v) is 4.03. The van der Waals surface area contributed by atoms with Crippen LogP contribution in [0, 0.1) is 17.1 Å². The van der Waals surface area contributed by atoms with Crippen LogP contribution in [0.4, 0.5) is 4.39 Å². The Balaban J connectivity index is 2.13. The number of nitrogens with one attached hydrogen (secondary N) is 1. The third kappa shape index (κ3) is 4.88. The molecule has 1 amide bonds. The van der Waals surface area contributed by atoms with Gasteiger partial charge in [0.1, 0.15) is 11.9 Å². The predicted octanol–water partition coefficient (Wildman–Crippen LogP) is 3.17. The van der Waals surface area contributed by atoms with Gasteiger partial charge in [-0.3, -0.25) is 4.79 Å². The Bertz CT molecular complexity index is 823. The first-order valence-corrected chi connectivity index (χ1v) is 8.26. The molecule has 0 fully saturated rings. The molecule has 0 radical (unpaired) electrons. The van der Waals surface area contributed by atoms with E-state index in [2.05, 4.69) is 5.32 Å². The molecular formula is C20H21FN2O4. The van der Waals surface area contributed by atoms with Crippen LogP contribution in [-0.4, -0.2) is 27.2 Å². The number of hydrogen-bond acceptors (Lipinski definition) is 5. The molecule has 0 unspecified atom stereocenters. The average Bonchev–Trinajstić information content (AvgIpc) is 2.70. The highest BCUT2D eigenvalue weighted by molar-refractivity contribution is 5.77. The molecule has 0 heterocycles. The summed E-state index contributed by atoms with van der Waals surface area (Å²) in [4.78, 5) is 12.2. The molecule has 142 valence electrons. The van der Waals surface area contributed by atoms with E-state index in [-0.39, 0.29) is 24.6 Å². The van der Waals surface area contributed by atoms with Gasteiger partial charge < -0.3 is 19.5 Å². The maximum absolute atomic E-state index is 13.6. The van der Waals surface area contributed by atoms with E-state index in [1.165, 1.54) is 27.4 Å². The van der Waals surface area contributed by atoms with Crippen LogP contribution in [0.1, 0.15) is 23.6 Å². The summed E-state index contributed by atoms with van der Waals surface area (Å²) in [6, 6.07) is 10.6. The zero-order valence-electron chi connectivity index (χ0n) is 15.4. The molecule has 0 bridgehead atoms. The van der Waals surface area contributed by atoms with E-state index >= 15 is 0 Å². The highest BCUT2D eigenvalue weighted by Gasteiger charge is 2.20. The molecular weight excluding hydrogens is 351 g/mol. The van der Waals surface area contributed by atoms with Gasteiger partial charge in [-0.2, -0.15) is 5.26 Å². The molecule has 2 rings (SSSR count). The van der Waals surface area contributed by atoms with Crippen molar-refractivity contribution >= 4 is 5.91 Å². The minimum Gasteiger partial charge on any atom is -0.493 e. The molecule has 0 aromatic heterocycles. The zero-order valence-corrected chi connectivity index (χ0v) is 15.4. The van der Waals surface area contributed by atoms with Gasteiger partial charge in [-0.05, 0) is 35.7 Å². The maximum Gasteiger partial charge on any atom is 0.221 e. The normalized spacial score (nSPS) is 11.2. The fourth-order valence-electron chi connectivity index (χ4n) is 2.64. The third-order valence-electron chi connectivity index (χ3n) is 4.03. The van der Waals surface area contributed by atoms with Gasteiger partial charge in [-0.15, -0.1) is 0 Å². The second-order valence-electron chi connectivity index (χ2n) is 5.68. The van der Waals surface area contributed by atoms with Crippen LogP contribution in [0.5, 0.6) is 17.2 Å². The fraction of sp³-hybridized carbons (Fsp3) is 0.300. The second kappa shape index (κ2) is 9.43. The summed E-state index contributed by atoms with van der Waals surface area (Å²) in [6.07, 6.45) is 0.301. The van der Waals surface area contributed by atoms with Gasteiger partial charge in [0.15, 0.2) is 11.5 Å². The van der Waals surface area contributed by atoms with E-state index in [9.17, 15) is 14.4 Å². The molecule has 0 aliphatic carbocycles. The quantitative estimate of drug-likeness (QED) is 0.770. The van der Waals surface area contributed by atoms with E-state index < -0.39 is 6.04 Å². The van der Waals surface area contributed by atoms with Crippen molar-refractivity contribution in [3.05, 3.63) is 53.3 Å². The molecule has 2 aromatic rings. The number of amides is 1. The van der Waals surface area contributed by atoms with E-state index in [1.54, 1.807) is 30.3 Å². The van der Waals surface area contributed by atoms with Gasteiger partial charge in [0, 0.05) is 6.42 Å². The van der Waals surface area contributed by atoms with Crippen LogP contribution in [0.25, 0.3) is 0 Å². The lowest BCUT2D eigenvalue weighted by atomic mass is 10.1.